The molecule has 0 spiro atoms. The molecule has 190 valence electrons. The molecular formula is C26H16F5N5Pt. The van der Waals surface area contributed by atoms with Gasteiger partial charge in [-0.05, 0) is 31.0 Å². The predicted octanol–water partition coefficient (Wildman–Crippen LogP) is 6.10. The molecule has 0 saturated heterocycles. The third-order valence-corrected chi connectivity index (χ3v) is 5.75. The van der Waals surface area contributed by atoms with E-state index in [4.69, 9.17) is 0 Å². The van der Waals surface area contributed by atoms with Crippen LogP contribution in [0.25, 0.3) is 27.8 Å². The van der Waals surface area contributed by atoms with Gasteiger partial charge in [-0.25, -0.2) is 8.78 Å². The molecule has 0 aliphatic heterocycles. The summed E-state index contributed by atoms with van der Waals surface area (Å²) in [6, 6.07) is 18.0. The maximum absolute atomic E-state index is 14.3. The zero-order valence-electron chi connectivity index (χ0n) is 19.2. The van der Waals surface area contributed by atoms with Gasteiger partial charge in [0.05, 0.1) is 11.5 Å². The second kappa shape index (κ2) is 9.74. The van der Waals surface area contributed by atoms with Crippen LogP contribution >= 0.6 is 0 Å². The van der Waals surface area contributed by atoms with Gasteiger partial charge in [0.1, 0.15) is 11.9 Å². The molecule has 0 aliphatic rings. The summed E-state index contributed by atoms with van der Waals surface area (Å²) in [6.07, 6.45) is -2.14. The van der Waals surface area contributed by atoms with E-state index in [-0.39, 0.29) is 38.1 Å². The summed E-state index contributed by atoms with van der Waals surface area (Å²) in [5.74, 6) is -1.90. The second-order valence-electron chi connectivity index (χ2n) is 8.54. The van der Waals surface area contributed by atoms with Crippen molar-refractivity contribution in [1.29, 1.82) is 0 Å². The number of fused-ring (bicyclic) bond motifs is 1. The first-order valence-corrected chi connectivity index (χ1v) is 10.7. The minimum atomic E-state index is -4.62. The van der Waals surface area contributed by atoms with Crippen LogP contribution in [0.15, 0.2) is 60.7 Å². The number of nitrogens with zero attached hydrogens (tertiary/aromatic N) is 5. The van der Waals surface area contributed by atoms with Crippen LogP contribution in [0.2, 0.25) is 0 Å². The molecule has 1 aromatic carbocycles. The maximum Gasteiger partial charge on any atom is 2.00 e. The fourth-order valence-electron chi connectivity index (χ4n) is 3.91. The van der Waals surface area contributed by atoms with E-state index in [1.54, 1.807) is 30.3 Å². The average Bonchev–Trinajstić information content (AvgIpc) is 3.35. The minimum Gasteiger partial charge on any atom is -0.343 e. The Kier molecular flexibility index (Phi) is 6.99. The molecule has 5 rings (SSSR count). The summed E-state index contributed by atoms with van der Waals surface area (Å²) in [6.45, 7) is 3.68. The van der Waals surface area contributed by atoms with E-state index in [2.05, 4.69) is 32.3 Å². The molecule has 0 amide bonds. The van der Waals surface area contributed by atoms with E-state index in [1.165, 1.54) is 0 Å². The summed E-state index contributed by atoms with van der Waals surface area (Å²) in [7, 11) is 0. The van der Waals surface area contributed by atoms with Gasteiger partial charge in [0.15, 0.2) is 0 Å². The van der Waals surface area contributed by atoms with Gasteiger partial charge in [0.2, 0.25) is 0 Å². The number of benzene rings is 1. The number of hydrogen-bond donors (Lipinski definition) is 0. The van der Waals surface area contributed by atoms with Crippen molar-refractivity contribution < 1.29 is 43.0 Å². The van der Waals surface area contributed by atoms with Crippen LogP contribution in [-0.2, 0) is 32.7 Å². The number of alkyl halides is 3. The molecule has 0 aliphatic carbocycles. The van der Waals surface area contributed by atoms with Gasteiger partial charge >= 0.3 is 27.2 Å². The molecule has 0 radical (unpaired) electrons. The maximum atomic E-state index is 14.3. The first kappa shape index (κ1) is 26.5. The molecular weight excluding hydrogens is 672 g/mol. The van der Waals surface area contributed by atoms with Gasteiger partial charge in [-0.15, -0.1) is 12.1 Å². The van der Waals surface area contributed by atoms with Crippen molar-refractivity contribution in [2.24, 2.45) is 0 Å². The van der Waals surface area contributed by atoms with Crippen LogP contribution in [0, 0.1) is 24.2 Å². The van der Waals surface area contributed by atoms with Crippen LogP contribution in [0.5, 0.6) is 0 Å². The fraction of sp³-hybridized carbons (Fsp3) is 0.154. The van der Waals surface area contributed by atoms with Crippen molar-refractivity contribution >= 4 is 10.8 Å². The van der Waals surface area contributed by atoms with Crippen molar-refractivity contribution in [3.05, 3.63) is 102 Å². The molecule has 37 heavy (non-hydrogen) atoms. The van der Waals surface area contributed by atoms with Crippen LogP contribution in [0.4, 0.5) is 22.0 Å². The standard InChI is InChI=1S/C26H16F5N5.Pt/c1-25(2,19-9-5-8-18(32-19)17-10-11-21(27)33-24(17)28)23-16-7-4-3-6-15(16)14-22(34-23)36-13-12-20(35-36)26(29,30)31;/h3-9,11-12,14H,1-2H3;/q-2;+2. The van der Waals surface area contributed by atoms with Crippen molar-refractivity contribution in [1.82, 2.24) is 24.7 Å². The molecule has 4 aromatic heterocycles. The van der Waals surface area contributed by atoms with Crippen molar-refractivity contribution in [2.45, 2.75) is 25.4 Å². The molecule has 0 atom stereocenters. The van der Waals surface area contributed by atoms with Gasteiger partial charge in [-0.1, -0.05) is 60.3 Å². The van der Waals surface area contributed by atoms with E-state index >= 15 is 0 Å². The largest absolute Gasteiger partial charge is 2.00 e. The topological polar surface area (TPSA) is 56.5 Å². The van der Waals surface area contributed by atoms with Gasteiger partial charge in [-0.3, -0.25) is 15.1 Å². The third kappa shape index (κ3) is 5.03. The second-order valence-corrected chi connectivity index (χ2v) is 8.54. The Morgan fingerprint density at radius 2 is 1.62 bits per heavy atom. The van der Waals surface area contributed by atoms with Crippen LogP contribution < -0.4 is 0 Å². The average molecular weight is 689 g/mol. The first-order chi connectivity index (χ1) is 17.0. The van der Waals surface area contributed by atoms with E-state index in [1.807, 2.05) is 32.0 Å². The summed E-state index contributed by atoms with van der Waals surface area (Å²) in [4.78, 5) is 12.4. The summed E-state index contributed by atoms with van der Waals surface area (Å²) in [5.41, 5.74) is -0.867. The monoisotopic (exact) mass is 688 g/mol. The molecule has 4 heterocycles. The van der Waals surface area contributed by atoms with E-state index in [9.17, 15) is 22.0 Å². The van der Waals surface area contributed by atoms with Gasteiger partial charge in [0, 0.05) is 22.2 Å². The normalized spacial score (nSPS) is 12.0. The Morgan fingerprint density at radius 1 is 0.865 bits per heavy atom. The summed E-state index contributed by atoms with van der Waals surface area (Å²) >= 11 is 0. The number of hydrogen-bond acceptors (Lipinski definition) is 4. The Balaban J connectivity index is 0.00000320. The molecule has 0 fully saturated rings. The molecule has 0 unspecified atom stereocenters. The first-order valence-electron chi connectivity index (χ1n) is 10.7. The third-order valence-electron chi connectivity index (χ3n) is 5.75. The minimum absolute atomic E-state index is 0. The summed E-state index contributed by atoms with van der Waals surface area (Å²) < 4.78 is 67.8. The Labute approximate surface area is 222 Å². The number of halogens is 5. The SMILES string of the molecule is CC(C)(c1cccc(-c2[c-]cc(F)nc2F)n1)c1nc(-n2[c-]cc(C(F)(F)F)n2)cc2ccccc12.[Pt+2]. The molecule has 0 bridgehead atoms. The zero-order valence-corrected chi connectivity index (χ0v) is 21.5. The molecule has 0 N–H and O–H groups in total. The van der Waals surface area contributed by atoms with E-state index in [0.717, 1.165) is 27.6 Å². The van der Waals surface area contributed by atoms with Gasteiger partial charge in [-0.2, -0.15) is 13.2 Å². The van der Waals surface area contributed by atoms with E-state index < -0.39 is 29.2 Å². The van der Waals surface area contributed by atoms with Crippen molar-refractivity contribution in [3.63, 3.8) is 0 Å². The Morgan fingerprint density at radius 3 is 2.32 bits per heavy atom. The smallest absolute Gasteiger partial charge is 0.343 e. The number of pyridine rings is 3. The molecule has 0 saturated carbocycles. The van der Waals surface area contributed by atoms with E-state index in [0.29, 0.717) is 11.4 Å². The Bertz CT molecular complexity index is 1600. The van der Waals surface area contributed by atoms with Crippen LogP contribution in [-0.4, -0.2) is 24.7 Å². The molecule has 11 heteroatoms. The van der Waals surface area contributed by atoms with Crippen LogP contribution in [0.1, 0.15) is 30.9 Å². The summed E-state index contributed by atoms with van der Waals surface area (Å²) in [5, 5.41) is 5.08. The Hall–Kier alpha value is -3.52. The number of aromatic nitrogens is 5. The number of rotatable bonds is 4. The van der Waals surface area contributed by atoms with Crippen LogP contribution in [0.3, 0.4) is 0 Å². The fourth-order valence-corrected chi connectivity index (χ4v) is 3.91. The molecule has 5 aromatic rings. The quantitative estimate of drug-likeness (QED) is 0.130. The molecule has 5 nitrogen and oxygen atoms in total. The predicted molar refractivity (Wildman–Crippen MR) is 121 cm³/mol. The van der Waals surface area contributed by atoms with Crippen molar-refractivity contribution in [2.75, 3.05) is 0 Å². The van der Waals surface area contributed by atoms with Gasteiger partial charge in [0.25, 0.3) is 0 Å². The van der Waals surface area contributed by atoms with Crippen molar-refractivity contribution in [3.8, 4) is 17.1 Å². The van der Waals surface area contributed by atoms with Gasteiger partial charge < -0.3 is 9.67 Å². The zero-order chi connectivity index (χ0) is 25.7.